The van der Waals surface area contributed by atoms with Crippen molar-refractivity contribution in [3.63, 3.8) is 0 Å². The number of hydrogen-bond acceptors (Lipinski definition) is 4. The topological polar surface area (TPSA) is 75.7 Å². The van der Waals surface area contributed by atoms with Gasteiger partial charge in [0.25, 0.3) is 15.9 Å². The average Bonchev–Trinajstić information content (AvgIpc) is 2.84. The molecule has 1 atom stereocenters. The summed E-state index contributed by atoms with van der Waals surface area (Å²) in [6.45, 7) is 0. The SMILES string of the molecule is COc1ccc(N(C)S(=O)(=O)c2cccc(C(=O)N[C@H]3CCCc4ccccc43)c2)cc1. The van der Waals surface area contributed by atoms with Crippen LogP contribution in [0.25, 0.3) is 0 Å². The van der Waals surface area contributed by atoms with Crippen LogP contribution in [0.4, 0.5) is 5.69 Å². The largest absolute Gasteiger partial charge is 0.497 e. The maximum absolute atomic E-state index is 13.2. The molecule has 1 amide bonds. The Bertz CT molecular complexity index is 1220. The van der Waals surface area contributed by atoms with Crippen LogP contribution in [-0.2, 0) is 16.4 Å². The van der Waals surface area contributed by atoms with E-state index in [2.05, 4.69) is 11.4 Å². The van der Waals surface area contributed by atoms with E-state index in [-0.39, 0.29) is 16.8 Å². The Morgan fingerprint density at radius 3 is 2.53 bits per heavy atom. The van der Waals surface area contributed by atoms with E-state index in [1.54, 1.807) is 43.5 Å². The number of rotatable bonds is 6. The molecule has 0 saturated heterocycles. The van der Waals surface area contributed by atoms with E-state index >= 15 is 0 Å². The average molecular weight is 451 g/mol. The number of carbonyl (C=O) groups excluding carboxylic acids is 1. The second-order valence-electron chi connectivity index (χ2n) is 7.82. The van der Waals surface area contributed by atoms with Crippen LogP contribution >= 0.6 is 0 Å². The Hall–Kier alpha value is -3.32. The van der Waals surface area contributed by atoms with E-state index < -0.39 is 10.0 Å². The van der Waals surface area contributed by atoms with E-state index in [1.165, 1.54) is 29.0 Å². The third-order valence-electron chi connectivity index (χ3n) is 5.87. The summed E-state index contributed by atoms with van der Waals surface area (Å²) in [6.07, 6.45) is 2.87. The number of hydrogen-bond donors (Lipinski definition) is 1. The highest BCUT2D eigenvalue weighted by Crippen LogP contribution is 2.30. The molecule has 1 aliphatic carbocycles. The molecule has 0 aromatic heterocycles. The summed E-state index contributed by atoms with van der Waals surface area (Å²) in [7, 11) is -0.794. The number of nitrogens with one attached hydrogen (secondary N) is 1. The van der Waals surface area contributed by atoms with E-state index in [4.69, 9.17) is 4.74 Å². The Kier molecular flexibility index (Phi) is 6.19. The molecule has 1 aliphatic rings. The quantitative estimate of drug-likeness (QED) is 0.607. The first kappa shape index (κ1) is 21.9. The van der Waals surface area contributed by atoms with Crippen molar-refractivity contribution in [2.24, 2.45) is 0 Å². The van der Waals surface area contributed by atoms with Gasteiger partial charge in [-0.15, -0.1) is 0 Å². The highest BCUT2D eigenvalue weighted by atomic mass is 32.2. The molecule has 1 N–H and O–H groups in total. The van der Waals surface area contributed by atoms with Crippen molar-refractivity contribution in [3.8, 4) is 5.75 Å². The van der Waals surface area contributed by atoms with Gasteiger partial charge in [0.05, 0.1) is 23.7 Å². The number of ether oxygens (including phenoxy) is 1. The van der Waals surface area contributed by atoms with Gasteiger partial charge in [0.2, 0.25) is 0 Å². The fourth-order valence-electron chi connectivity index (χ4n) is 4.03. The number of sulfonamides is 1. The second kappa shape index (κ2) is 9.04. The number of amides is 1. The molecule has 32 heavy (non-hydrogen) atoms. The predicted molar refractivity (Wildman–Crippen MR) is 125 cm³/mol. The first-order chi connectivity index (χ1) is 15.4. The van der Waals surface area contributed by atoms with E-state index in [1.807, 2.05) is 18.2 Å². The molecular weight excluding hydrogens is 424 g/mol. The maximum Gasteiger partial charge on any atom is 0.264 e. The van der Waals surface area contributed by atoms with Gasteiger partial charge in [-0.1, -0.05) is 30.3 Å². The molecule has 0 radical (unpaired) electrons. The van der Waals surface area contributed by atoms with Crippen LogP contribution in [0.5, 0.6) is 5.75 Å². The van der Waals surface area contributed by atoms with Crippen molar-refractivity contribution in [2.45, 2.75) is 30.2 Å². The maximum atomic E-state index is 13.2. The molecule has 3 aromatic carbocycles. The first-order valence-electron chi connectivity index (χ1n) is 10.5. The van der Waals surface area contributed by atoms with E-state index in [0.29, 0.717) is 17.0 Å². The van der Waals surface area contributed by atoms with Gasteiger partial charge in [-0.3, -0.25) is 9.10 Å². The Labute approximate surface area is 188 Å². The van der Waals surface area contributed by atoms with Gasteiger partial charge in [-0.25, -0.2) is 8.42 Å². The summed E-state index contributed by atoms with van der Waals surface area (Å²) in [6, 6.07) is 21.0. The van der Waals surface area contributed by atoms with Crippen LogP contribution < -0.4 is 14.4 Å². The van der Waals surface area contributed by atoms with Crippen LogP contribution in [0.2, 0.25) is 0 Å². The van der Waals surface area contributed by atoms with Crippen molar-refractivity contribution in [3.05, 3.63) is 89.5 Å². The second-order valence-corrected chi connectivity index (χ2v) is 9.78. The van der Waals surface area contributed by atoms with Crippen LogP contribution in [-0.4, -0.2) is 28.5 Å². The molecule has 166 valence electrons. The van der Waals surface area contributed by atoms with Crippen LogP contribution in [0.15, 0.2) is 77.7 Å². The Morgan fingerprint density at radius 2 is 1.78 bits per heavy atom. The number of fused-ring (bicyclic) bond motifs is 1. The molecule has 3 aromatic rings. The molecule has 0 spiro atoms. The zero-order valence-electron chi connectivity index (χ0n) is 18.1. The molecular formula is C25H26N2O4S. The molecule has 0 fully saturated rings. The summed E-state index contributed by atoms with van der Waals surface area (Å²) in [5.41, 5.74) is 3.20. The van der Waals surface area contributed by atoms with E-state index in [0.717, 1.165) is 24.8 Å². The fraction of sp³-hybridized carbons (Fsp3) is 0.240. The first-order valence-corrected chi connectivity index (χ1v) is 12.0. The van der Waals surface area contributed by atoms with Crippen molar-refractivity contribution < 1.29 is 17.9 Å². The van der Waals surface area contributed by atoms with E-state index in [9.17, 15) is 13.2 Å². The zero-order chi connectivity index (χ0) is 22.7. The van der Waals surface area contributed by atoms with Gasteiger partial charge in [0, 0.05) is 12.6 Å². The standard InChI is InChI=1S/C25H26N2O4S/c1-27(20-13-15-21(31-2)16-14-20)32(29,30)22-10-5-9-19(17-22)25(28)26-24-12-6-8-18-7-3-4-11-23(18)24/h3-5,7,9-11,13-17,24H,6,8,12H2,1-2H3,(H,26,28)/t24-/m0/s1. The van der Waals surface area contributed by atoms with Crippen molar-refractivity contribution >= 4 is 21.6 Å². The van der Waals surface area contributed by atoms with Gasteiger partial charge in [0.15, 0.2) is 0 Å². The third-order valence-corrected chi connectivity index (χ3v) is 7.65. The normalized spacial score (nSPS) is 15.5. The Balaban J connectivity index is 1.55. The summed E-state index contributed by atoms with van der Waals surface area (Å²) < 4.78 is 32.7. The summed E-state index contributed by atoms with van der Waals surface area (Å²) >= 11 is 0. The van der Waals surface area contributed by atoms with Gasteiger partial charge >= 0.3 is 0 Å². The highest BCUT2D eigenvalue weighted by Gasteiger charge is 2.25. The lowest BCUT2D eigenvalue weighted by atomic mass is 9.87. The van der Waals surface area contributed by atoms with Gasteiger partial charge in [0.1, 0.15) is 5.75 Å². The van der Waals surface area contributed by atoms with Crippen molar-refractivity contribution in [1.29, 1.82) is 0 Å². The number of anilines is 1. The Morgan fingerprint density at radius 1 is 1.03 bits per heavy atom. The van der Waals surface area contributed by atoms with Crippen LogP contribution in [0.1, 0.15) is 40.4 Å². The van der Waals surface area contributed by atoms with Gasteiger partial charge in [-0.05, 0) is 72.9 Å². The fourth-order valence-corrected chi connectivity index (χ4v) is 5.27. The molecule has 7 heteroatoms. The number of nitrogens with zero attached hydrogens (tertiary/aromatic N) is 1. The van der Waals surface area contributed by atoms with Crippen molar-refractivity contribution in [2.75, 3.05) is 18.5 Å². The summed E-state index contributed by atoms with van der Waals surface area (Å²) in [4.78, 5) is 13.0. The van der Waals surface area contributed by atoms with Gasteiger partial charge < -0.3 is 10.1 Å². The lowest BCUT2D eigenvalue weighted by molar-refractivity contribution is 0.0932. The van der Waals surface area contributed by atoms with Crippen LogP contribution in [0, 0.1) is 0 Å². The smallest absolute Gasteiger partial charge is 0.264 e. The monoisotopic (exact) mass is 450 g/mol. The van der Waals surface area contributed by atoms with Crippen LogP contribution in [0.3, 0.4) is 0 Å². The minimum atomic E-state index is -3.84. The summed E-state index contributed by atoms with van der Waals surface area (Å²) in [5, 5.41) is 3.08. The molecule has 0 saturated carbocycles. The molecule has 4 rings (SSSR count). The number of benzene rings is 3. The lowest BCUT2D eigenvalue weighted by Gasteiger charge is -2.26. The zero-order valence-corrected chi connectivity index (χ0v) is 18.9. The van der Waals surface area contributed by atoms with Gasteiger partial charge in [-0.2, -0.15) is 0 Å². The lowest BCUT2D eigenvalue weighted by Crippen LogP contribution is -2.31. The number of carbonyl (C=O) groups is 1. The number of methoxy groups -OCH3 is 1. The highest BCUT2D eigenvalue weighted by molar-refractivity contribution is 7.92. The molecule has 0 aliphatic heterocycles. The molecule has 0 heterocycles. The predicted octanol–water partition coefficient (Wildman–Crippen LogP) is 4.33. The minimum Gasteiger partial charge on any atom is -0.497 e. The number of aryl methyl sites for hydroxylation is 1. The molecule has 0 bridgehead atoms. The minimum absolute atomic E-state index is 0.0625. The third kappa shape index (κ3) is 4.34. The summed E-state index contributed by atoms with van der Waals surface area (Å²) in [5.74, 6) is 0.360. The molecule has 6 nitrogen and oxygen atoms in total. The molecule has 0 unspecified atom stereocenters. The van der Waals surface area contributed by atoms with Crippen molar-refractivity contribution in [1.82, 2.24) is 5.32 Å².